The average molecular weight is 434 g/mol. The Morgan fingerprint density at radius 1 is 1.13 bits per heavy atom. The van der Waals surface area contributed by atoms with Crippen molar-refractivity contribution in [3.05, 3.63) is 53.2 Å². The highest BCUT2D eigenvalue weighted by Crippen LogP contribution is 2.32. The Labute approximate surface area is 175 Å². The normalized spacial score (nSPS) is 15.3. The Kier molecular flexibility index (Phi) is 5.90. The molecule has 1 aromatic carbocycles. The van der Waals surface area contributed by atoms with Crippen LogP contribution in [0.4, 0.5) is 19.0 Å². The van der Waals surface area contributed by atoms with E-state index < -0.39 is 11.7 Å². The number of aromatic nitrogens is 3. The van der Waals surface area contributed by atoms with Crippen LogP contribution in [-0.2, 0) is 17.4 Å². The molecule has 1 aliphatic rings. The lowest BCUT2D eigenvalue weighted by molar-refractivity contribution is -0.137. The van der Waals surface area contributed by atoms with Gasteiger partial charge in [0.2, 0.25) is 5.91 Å². The summed E-state index contributed by atoms with van der Waals surface area (Å²) in [5, 5.41) is 9.62. The highest BCUT2D eigenvalue weighted by Gasteiger charge is 2.30. The number of halogens is 3. The second-order valence-corrected chi connectivity index (χ2v) is 8.26. The molecule has 2 aromatic heterocycles. The second kappa shape index (κ2) is 8.59. The number of thiazole rings is 1. The molecule has 0 atom stereocenters. The third-order valence-corrected chi connectivity index (χ3v) is 6.15. The molecule has 0 radical (unpaired) electrons. The lowest BCUT2D eigenvalue weighted by Gasteiger charge is -2.23. The number of nitrogens with one attached hydrogen (secondary N) is 1. The van der Waals surface area contributed by atoms with Crippen molar-refractivity contribution in [2.45, 2.75) is 50.7 Å². The summed E-state index contributed by atoms with van der Waals surface area (Å²) in [5.74, 6) is 0.488. The van der Waals surface area contributed by atoms with Gasteiger partial charge in [0.05, 0.1) is 29.9 Å². The van der Waals surface area contributed by atoms with Crippen LogP contribution in [0.3, 0.4) is 0 Å². The Morgan fingerprint density at radius 3 is 2.57 bits per heavy atom. The number of benzene rings is 1. The summed E-state index contributed by atoms with van der Waals surface area (Å²) < 4.78 is 40.0. The first kappa shape index (κ1) is 20.6. The lowest BCUT2D eigenvalue weighted by Crippen LogP contribution is -2.21. The number of hydrogen-bond acceptors (Lipinski definition) is 4. The Bertz CT molecular complexity index is 1000. The number of hydrogen-bond donors (Lipinski definition) is 1. The third-order valence-electron chi connectivity index (χ3n) is 5.21. The number of anilines is 1. The summed E-state index contributed by atoms with van der Waals surface area (Å²) >= 11 is 1.30. The lowest BCUT2D eigenvalue weighted by atomic mass is 9.96. The molecule has 5 nitrogen and oxygen atoms in total. The maximum Gasteiger partial charge on any atom is 0.416 e. The van der Waals surface area contributed by atoms with Crippen molar-refractivity contribution in [2.75, 3.05) is 5.32 Å². The van der Waals surface area contributed by atoms with E-state index in [1.165, 1.54) is 42.7 Å². The number of carbonyl (C=O) groups excluding carboxylic acids is 1. The van der Waals surface area contributed by atoms with Crippen LogP contribution >= 0.6 is 11.3 Å². The van der Waals surface area contributed by atoms with Gasteiger partial charge in [-0.2, -0.15) is 18.3 Å². The number of carbonyl (C=O) groups is 1. The predicted molar refractivity (Wildman–Crippen MR) is 109 cm³/mol. The first-order valence-electron chi connectivity index (χ1n) is 9.85. The van der Waals surface area contributed by atoms with E-state index in [4.69, 9.17) is 0 Å². The standard InChI is InChI=1S/C21H21F3N4OS/c22-21(23,24)15-8-6-14(7-9-15)20-26-16(13-30-20)12-19(29)27-18-10-11-25-28(18)17-4-2-1-3-5-17/h6-11,13,17H,1-5,12H2,(H,27,29). The Balaban J connectivity index is 1.40. The van der Waals surface area contributed by atoms with Gasteiger partial charge in [-0.05, 0) is 25.0 Å². The van der Waals surface area contributed by atoms with E-state index in [2.05, 4.69) is 15.4 Å². The van der Waals surface area contributed by atoms with Gasteiger partial charge in [0.15, 0.2) is 0 Å². The van der Waals surface area contributed by atoms with Gasteiger partial charge >= 0.3 is 6.18 Å². The molecule has 1 N–H and O–H groups in total. The molecule has 9 heteroatoms. The van der Waals surface area contributed by atoms with Gasteiger partial charge in [-0.15, -0.1) is 11.3 Å². The zero-order valence-electron chi connectivity index (χ0n) is 16.2. The van der Waals surface area contributed by atoms with Crippen molar-refractivity contribution >= 4 is 23.1 Å². The van der Waals surface area contributed by atoms with Gasteiger partial charge in [-0.3, -0.25) is 4.79 Å². The largest absolute Gasteiger partial charge is 0.416 e. The molecule has 1 fully saturated rings. The number of nitrogens with zero attached hydrogens (tertiary/aromatic N) is 3. The fraction of sp³-hybridized carbons (Fsp3) is 0.381. The van der Waals surface area contributed by atoms with Crippen molar-refractivity contribution in [1.82, 2.24) is 14.8 Å². The van der Waals surface area contributed by atoms with Gasteiger partial charge in [0, 0.05) is 17.0 Å². The van der Waals surface area contributed by atoms with E-state index in [-0.39, 0.29) is 12.3 Å². The minimum Gasteiger partial charge on any atom is -0.311 e. The van der Waals surface area contributed by atoms with Crippen LogP contribution < -0.4 is 5.32 Å². The molecule has 1 saturated carbocycles. The van der Waals surface area contributed by atoms with Crippen LogP contribution in [0, 0.1) is 0 Å². The van der Waals surface area contributed by atoms with Crippen LogP contribution in [-0.4, -0.2) is 20.7 Å². The van der Waals surface area contributed by atoms with Crippen LogP contribution in [0.1, 0.15) is 49.4 Å². The molecule has 2 heterocycles. The summed E-state index contributed by atoms with van der Waals surface area (Å²) in [6.45, 7) is 0. The van der Waals surface area contributed by atoms with E-state index in [1.807, 2.05) is 4.68 Å². The van der Waals surface area contributed by atoms with E-state index in [9.17, 15) is 18.0 Å². The minimum absolute atomic E-state index is 0.0903. The summed E-state index contributed by atoms with van der Waals surface area (Å²) in [7, 11) is 0. The van der Waals surface area contributed by atoms with Crippen LogP contribution in [0.5, 0.6) is 0 Å². The van der Waals surface area contributed by atoms with Crippen molar-refractivity contribution in [3.63, 3.8) is 0 Å². The maximum atomic E-state index is 12.7. The SMILES string of the molecule is O=C(Cc1csc(-c2ccc(C(F)(F)F)cc2)n1)Nc1ccnn1C1CCCCC1. The molecule has 3 aromatic rings. The zero-order chi connectivity index (χ0) is 21.1. The molecular formula is C21H21F3N4OS. The second-order valence-electron chi connectivity index (χ2n) is 7.40. The van der Waals surface area contributed by atoms with Crippen molar-refractivity contribution in [2.24, 2.45) is 0 Å². The zero-order valence-corrected chi connectivity index (χ0v) is 17.0. The molecule has 0 bridgehead atoms. The fourth-order valence-electron chi connectivity index (χ4n) is 3.70. The van der Waals surface area contributed by atoms with E-state index >= 15 is 0 Å². The van der Waals surface area contributed by atoms with Crippen LogP contribution in [0.2, 0.25) is 0 Å². The Morgan fingerprint density at radius 2 is 1.87 bits per heavy atom. The first-order chi connectivity index (χ1) is 14.4. The molecule has 30 heavy (non-hydrogen) atoms. The number of alkyl halides is 3. The minimum atomic E-state index is -4.37. The van der Waals surface area contributed by atoms with E-state index in [0.717, 1.165) is 25.0 Å². The summed E-state index contributed by atoms with van der Waals surface area (Å²) in [4.78, 5) is 16.9. The van der Waals surface area contributed by atoms with Gasteiger partial charge in [0.25, 0.3) is 0 Å². The first-order valence-corrected chi connectivity index (χ1v) is 10.7. The molecule has 1 amide bonds. The molecule has 0 aliphatic heterocycles. The summed E-state index contributed by atoms with van der Waals surface area (Å²) in [6.07, 6.45) is 3.12. The van der Waals surface area contributed by atoms with Crippen LogP contribution in [0.15, 0.2) is 41.9 Å². The smallest absolute Gasteiger partial charge is 0.311 e. The third kappa shape index (κ3) is 4.72. The van der Waals surface area contributed by atoms with Gasteiger partial charge < -0.3 is 5.32 Å². The Hall–Kier alpha value is -2.68. The molecule has 4 rings (SSSR count). The van der Waals surface area contributed by atoms with E-state index in [1.54, 1.807) is 17.6 Å². The topological polar surface area (TPSA) is 59.8 Å². The number of rotatable bonds is 5. The van der Waals surface area contributed by atoms with Crippen LogP contribution in [0.25, 0.3) is 10.6 Å². The molecule has 0 saturated heterocycles. The molecular weight excluding hydrogens is 413 g/mol. The summed E-state index contributed by atoms with van der Waals surface area (Å²) in [5.41, 5.74) is 0.475. The molecule has 0 unspecified atom stereocenters. The highest BCUT2D eigenvalue weighted by atomic mass is 32.1. The van der Waals surface area contributed by atoms with Crippen molar-refractivity contribution in [1.29, 1.82) is 0 Å². The van der Waals surface area contributed by atoms with Crippen molar-refractivity contribution in [3.8, 4) is 10.6 Å². The monoisotopic (exact) mass is 434 g/mol. The van der Waals surface area contributed by atoms with Crippen molar-refractivity contribution < 1.29 is 18.0 Å². The number of amides is 1. The maximum absolute atomic E-state index is 12.7. The fourth-order valence-corrected chi connectivity index (χ4v) is 4.53. The summed E-state index contributed by atoms with van der Waals surface area (Å²) in [6, 6.07) is 6.98. The molecule has 0 spiro atoms. The van der Waals surface area contributed by atoms with Gasteiger partial charge in [-0.25, -0.2) is 9.67 Å². The molecule has 158 valence electrons. The molecule has 1 aliphatic carbocycles. The van der Waals surface area contributed by atoms with Gasteiger partial charge in [0.1, 0.15) is 10.8 Å². The predicted octanol–water partition coefficient (Wildman–Crippen LogP) is 5.71. The quantitative estimate of drug-likeness (QED) is 0.559. The van der Waals surface area contributed by atoms with E-state index in [0.29, 0.717) is 28.1 Å². The average Bonchev–Trinajstić information content (AvgIpc) is 3.38. The van der Waals surface area contributed by atoms with Gasteiger partial charge in [-0.1, -0.05) is 31.4 Å². The highest BCUT2D eigenvalue weighted by molar-refractivity contribution is 7.13.